The van der Waals surface area contributed by atoms with E-state index < -0.39 is 4.76 Å². The van der Waals surface area contributed by atoms with Gasteiger partial charge in [0, 0.05) is 5.92 Å². The summed E-state index contributed by atoms with van der Waals surface area (Å²) in [6.07, 6.45) is 19.0. The molecule has 0 aromatic heterocycles. The Morgan fingerprint density at radius 2 is 1.08 bits per heavy atom. The first kappa shape index (κ1) is 23.9. The highest BCUT2D eigenvalue weighted by molar-refractivity contribution is 4.58. The highest BCUT2D eigenvalue weighted by atomic mass is 16.6. The largest absolute Gasteiger partial charge is 0.612 e. The minimum absolute atomic E-state index is 0.509. The maximum atomic E-state index is 12.4. The van der Waals surface area contributed by atoms with Gasteiger partial charge in [-0.25, -0.2) is 0 Å². The van der Waals surface area contributed by atoms with E-state index in [9.17, 15) is 5.21 Å². The van der Waals surface area contributed by atoms with Crippen molar-refractivity contribution in [3.8, 4) is 0 Å². The minimum atomic E-state index is -0.512. The van der Waals surface area contributed by atoms with E-state index in [1.165, 1.54) is 64.2 Å². The van der Waals surface area contributed by atoms with Crippen molar-refractivity contribution in [3.05, 3.63) is 5.21 Å². The van der Waals surface area contributed by atoms with Crippen molar-refractivity contribution in [2.75, 3.05) is 13.1 Å². The maximum absolute atomic E-state index is 12.4. The molecule has 0 amide bonds. The lowest BCUT2D eigenvalue weighted by molar-refractivity contribution is -0.896. The number of nitrogens with zero attached hydrogens (tertiary/aromatic N) is 1. The van der Waals surface area contributed by atoms with E-state index >= 15 is 0 Å². The third kappa shape index (κ3) is 15.4. The third-order valence-electron chi connectivity index (χ3n) is 5.10. The molecular formula is C21H46N2O. The highest BCUT2D eigenvalue weighted by Gasteiger charge is 2.18. The lowest BCUT2D eigenvalue weighted by Crippen LogP contribution is -2.52. The Morgan fingerprint density at radius 1 is 0.667 bits per heavy atom. The summed E-state index contributed by atoms with van der Waals surface area (Å²) in [6, 6.07) is 0. The fraction of sp³-hybridized carbons (Fsp3) is 1.00. The Labute approximate surface area is 152 Å². The van der Waals surface area contributed by atoms with Crippen molar-refractivity contribution in [1.82, 2.24) is 0 Å². The van der Waals surface area contributed by atoms with E-state index in [0.717, 1.165) is 32.1 Å². The molecule has 0 bridgehead atoms. The molecular weight excluding hydrogens is 296 g/mol. The zero-order valence-corrected chi connectivity index (χ0v) is 17.0. The number of quaternary nitrogens is 1. The van der Waals surface area contributed by atoms with E-state index in [-0.39, 0.29) is 0 Å². The Bertz CT molecular complexity index is 250. The van der Waals surface area contributed by atoms with Crippen molar-refractivity contribution >= 4 is 0 Å². The van der Waals surface area contributed by atoms with Gasteiger partial charge >= 0.3 is 0 Å². The molecule has 3 nitrogen and oxygen atoms in total. The normalized spacial score (nSPS) is 14.2. The molecule has 146 valence electrons. The summed E-state index contributed by atoms with van der Waals surface area (Å²) < 4.78 is -0.512. The highest BCUT2D eigenvalue weighted by Crippen LogP contribution is 2.18. The van der Waals surface area contributed by atoms with Crippen LogP contribution >= 0.6 is 0 Å². The standard InChI is InChI=1S/C21H46N2O/c1-4-7-8-9-10-11-12-13-14-15-16-19-23(22,24)20-21(17-5-2)18-6-3/h21H,4-20,22H2,1-3H3. The van der Waals surface area contributed by atoms with Gasteiger partial charge in [0.2, 0.25) is 0 Å². The van der Waals surface area contributed by atoms with Crippen molar-refractivity contribution in [1.29, 1.82) is 0 Å². The van der Waals surface area contributed by atoms with E-state index in [2.05, 4.69) is 20.8 Å². The molecule has 0 aromatic carbocycles. The quantitative estimate of drug-likeness (QED) is 0.130. The summed E-state index contributed by atoms with van der Waals surface area (Å²) in [7, 11) is 0. The van der Waals surface area contributed by atoms with Crippen molar-refractivity contribution in [2.24, 2.45) is 11.8 Å². The van der Waals surface area contributed by atoms with Crippen LogP contribution in [0.2, 0.25) is 0 Å². The summed E-state index contributed by atoms with van der Waals surface area (Å²) >= 11 is 0. The van der Waals surface area contributed by atoms with Gasteiger partial charge in [-0.2, -0.15) is 5.84 Å². The lowest BCUT2D eigenvalue weighted by atomic mass is 9.98. The molecule has 3 heteroatoms. The molecule has 0 aliphatic rings. The smallest absolute Gasteiger partial charge is 0.0986 e. The van der Waals surface area contributed by atoms with Gasteiger partial charge in [0.25, 0.3) is 0 Å². The molecule has 0 spiro atoms. The van der Waals surface area contributed by atoms with Gasteiger partial charge in [-0.15, -0.1) is 0 Å². The second kappa shape index (κ2) is 16.4. The first-order chi connectivity index (χ1) is 11.6. The molecule has 0 rings (SSSR count). The van der Waals surface area contributed by atoms with Crippen LogP contribution in [0.5, 0.6) is 0 Å². The van der Waals surface area contributed by atoms with E-state index in [1.54, 1.807) is 0 Å². The molecule has 1 unspecified atom stereocenters. The zero-order chi connectivity index (χ0) is 18.1. The van der Waals surface area contributed by atoms with Gasteiger partial charge in [-0.3, -0.25) is 4.76 Å². The predicted octanol–water partition coefficient (Wildman–Crippen LogP) is 6.70. The van der Waals surface area contributed by atoms with Crippen LogP contribution in [0.1, 0.15) is 117 Å². The van der Waals surface area contributed by atoms with Gasteiger partial charge < -0.3 is 5.21 Å². The van der Waals surface area contributed by atoms with Crippen LogP contribution in [0.15, 0.2) is 0 Å². The summed E-state index contributed by atoms with van der Waals surface area (Å²) in [4.78, 5) is 0. The van der Waals surface area contributed by atoms with Crippen LogP contribution in [0, 0.1) is 11.1 Å². The SMILES string of the molecule is CCCCCCCCCCCCC[N+](N)([O-])CC(CCC)CCC. The fourth-order valence-corrected chi connectivity index (χ4v) is 3.72. The summed E-state index contributed by atoms with van der Waals surface area (Å²) in [5.41, 5.74) is 0. The Kier molecular flexibility index (Phi) is 16.3. The number of nitrogens with two attached hydrogens (primary N) is 1. The number of hydrogen-bond acceptors (Lipinski definition) is 2. The lowest BCUT2D eigenvalue weighted by Gasteiger charge is -2.39. The molecule has 24 heavy (non-hydrogen) atoms. The monoisotopic (exact) mass is 342 g/mol. The average molecular weight is 343 g/mol. The van der Waals surface area contributed by atoms with Crippen LogP contribution in [0.4, 0.5) is 0 Å². The van der Waals surface area contributed by atoms with Gasteiger partial charge in [0.1, 0.15) is 0 Å². The number of unbranched alkanes of at least 4 members (excludes halogenated alkanes) is 10. The number of hydrogen-bond donors (Lipinski definition) is 1. The molecule has 0 aliphatic carbocycles. The molecule has 0 radical (unpaired) electrons. The Hall–Kier alpha value is -0.120. The van der Waals surface area contributed by atoms with Crippen LogP contribution in [-0.2, 0) is 0 Å². The van der Waals surface area contributed by atoms with Gasteiger partial charge in [-0.1, -0.05) is 91.4 Å². The summed E-state index contributed by atoms with van der Waals surface area (Å²) in [5, 5.41) is 12.4. The maximum Gasteiger partial charge on any atom is 0.0986 e. The Morgan fingerprint density at radius 3 is 1.50 bits per heavy atom. The van der Waals surface area contributed by atoms with Crippen LogP contribution < -0.4 is 5.84 Å². The predicted molar refractivity (Wildman–Crippen MR) is 107 cm³/mol. The molecule has 2 N–H and O–H groups in total. The topological polar surface area (TPSA) is 49.1 Å². The van der Waals surface area contributed by atoms with Gasteiger partial charge in [0.15, 0.2) is 0 Å². The molecule has 0 fully saturated rings. The molecule has 1 atom stereocenters. The van der Waals surface area contributed by atoms with Crippen molar-refractivity contribution in [3.63, 3.8) is 0 Å². The molecule has 0 saturated carbocycles. The second-order valence-corrected chi connectivity index (χ2v) is 7.84. The van der Waals surface area contributed by atoms with Crippen molar-refractivity contribution in [2.45, 2.75) is 117 Å². The molecule has 0 saturated heterocycles. The summed E-state index contributed by atoms with van der Waals surface area (Å²) in [6.45, 7) is 7.87. The first-order valence-corrected chi connectivity index (χ1v) is 10.9. The average Bonchev–Trinajstić information content (AvgIpc) is 2.52. The fourth-order valence-electron chi connectivity index (χ4n) is 3.72. The minimum Gasteiger partial charge on any atom is -0.612 e. The number of hydroxylamine groups is 2. The van der Waals surface area contributed by atoms with E-state index in [4.69, 9.17) is 5.84 Å². The summed E-state index contributed by atoms with van der Waals surface area (Å²) in [5.74, 6) is 6.49. The van der Waals surface area contributed by atoms with E-state index in [0.29, 0.717) is 19.0 Å². The van der Waals surface area contributed by atoms with Gasteiger partial charge in [0.05, 0.1) is 13.1 Å². The van der Waals surface area contributed by atoms with Crippen LogP contribution in [-0.4, -0.2) is 17.8 Å². The molecule has 0 aromatic rings. The van der Waals surface area contributed by atoms with E-state index in [1.807, 2.05) is 0 Å². The van der Waals surface area contributed by atoms with Crippen molar-refractivity contribution < 1.29 is 4.76 Å². The second-order valence-electron chi connectivity index (χ2n) is 7.84. The Balaban J connectivity index is 3.56. The number of rotatable bonds is 18. The van der Waals surface area contributed by atoms with Gasteiger partial charge in [-0.05, 0) is 25.7 Å². The van der Waals surface area contributed by atoms with Crippen LogP contribution in [0.25, 0.3) is 0 Å². The molecule has 0 aliphatic heterocycles. The third-order valence-corrected chi connectivity index (χ3v) is 5.10. The zero-order valence-electron chi connectivity index (χ0n) is 17.0. The molecule has 0 heterocycles. The first-order valence-electron chi connectivity index (χ1n) is 10.9. The van der Waals surface area contributed by atoms with Crippen LogP contribution in [0.3, 0.4) is 0 Å².